The molecular weight excluding hydrogens is 683 g/mol. The summed E-state index contributed by atoms with van der Waals surface area (Å²) in [5.74, 6) is 1.44. The summed E-state index contributed by atoms with van der Waals surface area (Å²) in [6.45, 7) is 8.60. The lowest BCUT2D eigenvalue weighted by atomic mass is 9.80. The largest absolute Gasteiger partial charge is 0.497 e. The van der Waals surface area contributed by atoms with Crippen LogP contribution >= 0.6 is 8.53 Å². The lowest BCUT2D eigenvalue weighted by molar-refractivity contribution is -0.0910. The summed E-state index contributed by atoms with van der Waals surface area (Å²) < 4.78 is 42.0. The zero-order valence-corrected chi connectivity index (χ0v) is 31.4. The van der Waals surface area contributed by atoms with E-state index in [2.05, 4.69) is 59.5 Å². The van der Waals surface area contributed by atoms with Gasteiger partial charge in [0, 0.05) is 25.6 Å². The summed E-state index contributed by atoms with van der Waals surface area (Å²) in [5, 5.41) is 0. The van der Waals surface area contributed by atoms with E-state index in [9.17, 15) is 4.79 Å². The van der Waals surface area contributed by atoms with Gasteiger partial charge in [-0.15, -0.1) is 0 Å². The molecule has 52 heavy (non-hydrogen) atoms. The molecular formula is C38H47N6O7P. The van der Waals surface area contributed by atoms with Crippen molar-refractivity contribution in [2.24, 2.45) is 0 Å². The van der Waals surface area contributed by atoms with Crippen LogP contribution in [0.15, 0.2) is 90.0 Å². The summed E-state index contributed by atoms with van der Waals surface area (Å²) in [5.41, 5.74) is 7.63. The molecule has 1 fully saturated rings. The second-order valence-electron chi connectivity index (χ2n) is 13.1. The van der Waals surface area contributed by atoms with Crippen molar-refractivity contribution in [1.82, 2.24) is 24.2 Å². The van der Waals surface area contributed by atoms with Crippen molar-refractivity contribution in [1.29, 1.82) is 0 Å². The van der Waals surface area contributed by atoms with Gasteiger partial charge < -0.3 is 33.7 Å². The summed E-state index contributed by atoms with van der Waals surface area (Å²) >= 11 is 0. The zero-order chi connectivity index (χ0) is 37.0. The maximum Gasteiger partial charge on any atom is 0.280 e. The van der Waals surface area contributed by atoms with Gasteiger partial charge in [-0.3, -0.25) is 14.3 Å². The minimum Gasteiger partial charge on any atom is -0.497 e. The van der Waals surface area contributed by atoms with Crippen LogP contribution in [0.1, 0.15) is 57.0 Å². The average molecular weight is 731 g/mol. The number of nitrogen functional groups attached to an aromatic ring is 1. The van der Waals surface area contributed by atoms with Gasteiger partial charge in [0.2, 0.25) is 5.95 Å². The molecule has 13 nitrogen and oxygen atoms in total. The Morgan fingerprint density at radius 2 is 1.50 bits per heavy atom. The van der Waals surface area contributed by atoms with Crippen LogP contribution in [0.4, 0.5) is 5.95 Å². The lowest BCUT2D eigenvalue weighted by Crippen LogP contribution is -2.39. The third kappa shape index (κ3) is 7.43. The van der Waals surface area contributed by atoms with Gasteiger partial charge in [0.1, 0.15) is 29.4 Å². The van der Waals surface area contributed by atoms with Crippen LogP contribution in [0, 0.1) is 0 Å². The SMILES string of the molecule is COc1ccc(C(OC[C@H]2O[C@@H](n3cnc4c(=O)[nH]c(N)nc43)C[C@@H]2OP(OC)N(C(C)C)C(C)C)(c2ccccc2)c2ccc(OC)cc2)cc1. The van der Waals surface area contributed by atoms with Gasteiger partial charge in [-0.05, 0) is 68.7 Å². The first kappa shape index (κ1) is 37.4. The van der Waals surface area contributed by atoms with Gasteiger partial charge in [-0.1, -0.05) is 54.6 Å². The Hall–Kier alpha value is -4.36. The number of nitrogens with zero attached hydrogens (tertiary/aromatic N) is 4. The third-order valence-corrected chi connectivity index (χ3v) is 11.3. The highest BCUT2D eigenvalue weighted by Gasteiger charge is 2.45. The average Bonchev–Trinajstić information content (AvgIpc) is 3.76. The first-order chi connectivity index (χ1) is 25.1. The Morgan fingerprint density at radius 3 is 2.04 bits per heavy atom. The number of imidazole rings is 1. The number of rotatable bonds is 15. The van der Waals surface area contributed by atoms with Crippen LogP contribution < -0.4 is 20.8 Å². The summed E-state index contributed by atoms with van der Waals surface area (Å²) in [6, 6.07) is 26.2. The van der Waals surface area contributed by atoms with E-state index >= 15 is 0 Å². The highest BCUT2D eigenvalue weighted by molar-refractivity contribution is 7.44. The van der Waals surface area contributed by atoms with Crippen molar-refractivity contribution < 1.29 is 28.0 Å². The maximum absolute atomic E-state index is 12.7. The second-order valence-corrected chi connectivity index (χ2v) is 14.6. The van der Waals surface area contributed by atoms with Crippen molar-refractivity contribution >= 4 is 25.6 Å². The molecule has 0 spiro atoms. The van der Waals surface area contributed by atoms with E-state index in [1.54, 1.807) is 32.2 Å². The molecule has 14 heteroatoms. The number of methoxy groups -OCH3 is 2. The Balaban J connectivity index is 1.43. The summed E-state index contributed by atoms with van der Waals surface area (Å²) in [6.07, 6.45) is 0.304. The molecule has 3 N–H and O–H groups in total. The highest BCUT2D eigenvalue weighted by atomic mass is 31.2. The summed E-state index contributed by atoms with van der Waals surface area (Å²) in [4.78, 5) is 23.9. The fraction of sp³-hybridized carbons (Fsp3) is 0.395. The number of nitrogens with one attached hydrogen (secondary N) is 1. The van der Waals surface area contributed by atoms with Gasteiger partial charge in [0.25, 0.3) is 14.1 Å². The number of aromatic nitrogens is 4. The van der Waals surface area contributed by atoms with Crippen LogP contribution in [0.25, 0.3) is 11.2 Å². The van der Waals surface area contributed by atoms with E-state index in [4.69, 9.17) is 33.7 Å². The van der Waals surface area contributed by atoms with Crippen molar-refractivity contribution in [3.63, 3.8) is 0 Å². The van der Waals surface area contributed by atoms with Gasteiger partial charge in [0.15, 0.2) is 11.2 Å². The van der Waals surface area contributed by atoms with E-state index in [1.165, 1.54) is 0 Å². The van der Waals surface area contributed by atoms with E-state index in [0.29, 0.717) is 12.1 Å². The fourth-order valence-corrected chi connectivity index (χ4v) is 8.44. The normalized spacial score (nSPS) is 18.5. The number of hydrogen-bond acceptors (Lipinski definition) is 11. The van der Waals surface area contributed by atoms with Crippen LogP contribution in [0.5, 0.6) is 11.5 Å². The van der Waals surface area contributed by atoms with Crippen molar-refractivity contribution in [2.45, 2.75) is 70.2 Å². The molecule has 1 unspecified atom stereocenters. The molecule has 6 rings (SSSR count). The topological polar surface area (TPSA) is 148 Å². The number of hydrogen-bond donors (Lipinski definition) is 2. The van der Waals surface area contributed by atoms with Gasteiger partial charge in [0.05, 0.1) is 33.3 Å². The molecule has 0 bridgehead atoms. The van der Waals surface area contributed by atoms with Crippen molar-refractivity contribution in [3.05, 3.63) is 112 Å². The maximum atomic E-state index is 12.7. The molecule has 0 radical (unpaired) electrons. The minimum absolute atomic E-state index is 0.0102. The number of ether oxygens (including phenoxy) is 4. The molecule has 0 amide bonds. The minimum atomic E-state index is -1.49. The molecule has 1 aliphatic heterocycles. The molecule has 5 aromatic rings. The predicted octanol–water partition coefficient (Wildman–Crippen LogP) is 6.39. The standard InChI is InChI=1S/C38H47N6O7P/c1-24(2)44(25(3)4)52(48-7)51-31-21-33(43-23-40-34-35(43)41-37(39)42-36(34)45)50-32(31)22-49-38(26-11-9-8-10-12-26,27-13-17-29(46-5)18-14-27)28-15-19-30(47-6)20-16-28/h8-20,23-25,31-33H,21-22H2,1-7H3,(H3,39,41,42,45)/t31-,32+,33+,52?/m0/s1. The molecule has 0 saturated carbocycles. The molecule has 3 heterocycles. The van der Waals surface area contributed by atoms with E-state index in [-0.39, 0.29) is 30.2 Å². The number of fused-ring (bicyclic) bond motifs is 1. The van der Waals surface area contributed by atoms with Gasteiger partial charge in [-0.2, -0.15) is 4.98 Å². The van der Waals surface area contributed by atoms with Gasteiger partial charge >= 0.3 is 0 Å². The summed E-state index contributed by atoms with van der Waals surface area (Å²) in [7, 11) is 3.47. The monoisotopic (exact) mass is 730 g/mol. The number of benzene rings is 3. The van der Waals surface area contributed by atoms with Crippen LogP contribution in [-0.2, 0) is 24.1 Å². The number of aromatic amines is 1. The van der Waals surface area contributed by atoms with E-state index in [0.717, 1.165) is 28.2 Å². The quantitative estimate of drug-likeness (QED) is 0.0912. The second kappa shape index (κ2) is 16.1. The first-order valence-corrected chi connectivity index (χ1v) is 18.4. The molecule has 0 aliphatic carbocycles. The first-order valence-electron chi connectivity index (χ1n) is 17.2. The Morgan fingerprint density at radius 1 is 0.923 bits per heavy atom. The molecule has 4 atom stereocenters. The zero-order valence-electron chi connectivity index (χ0n) is 30.6. The molecule has 1 aliphatic rings. The molecule has 3 aromatic carbocycles. The smallest absolute Gasteiger partial charge is 0.280 e. The number of anilines is 1. The third-order valence-electron chi connectivity index (χ3n) is 9.21. The number of nitrogens with two attached hydrogens (primary N) is 1. The lowest BCUT2D eigenvalue weighted by Gasteiger charge is -2.38. The highest BCUT2D eigenvalue weighted by Crippen LogP contribution is 2.50. The number of H-pyrrole nitrogens is 1. The fourth-order valence-electron chi connectivity index (χ4n) is 6.85. The van der Waals surface area contributed by atoms with Crippen molar-refractivity contribution in [2.75, 3.05) is 33.7 Å². The van der Waals surface area contributed by atoms with Crippen LogP contribution in [-0.4, -0.2) is 76.4 Å². The Kier molecular flexibility index (Phi) is 11.6. The van der Waals surface area contributed by atoms with Crippen LogP contribution in [0.3, 0.4) is 0 Å². The van der Waals surface area contributed by atoms with Crippen LogP contribution in [0.2, 0.25) is 0 Å². The van der Waals surface area contributed by atoms with E-state index < -0.39 is 38.1 Å². The van der Waals surface area contributed by atoms with Crippen molar-refractivity contribution in [3.8, 4) is 11.5 Å². The van der Waals surface area contributed by atoms with Gasteiger partial charge in [-0.25, -0.2) is 9.65 Å². The molecule has 2 aromatic heterocycles. The molecule has 1 saturated heterocycles. The Labute approximate surface area is 305 Å². The molecule has 276 valence electrons. The van der Waals surface area contributed by atoms with E-state index in [1.807, 2.05) is 66.7 Å². The predicted molar refractivity (Wildman–Crippen MR) is 200 cm³/mol. The Bertz CT molecular complexity index is 1920.